The Hall–Kier alpha value is -1.26. The number of aliphatic hydroxyl groups excluding tert-OH is 1. The lowest BCUT2D eigenvalue weighted by Gasteiger charge is -2.12. The van der Waals surface area contributed by atoms with Gasteiger partial charge >= 0.3 is 0 Å². The molecular formula is C12H17NO3. The van der Waals surface area contributed by atoms with Gasteiger partial charge in [-0.25, -0.2) is 0 Å². The van der Waals surface area contributed by atoms with Gasteiger partial charge in [-0.2, -0.15) is 0 Å². The Morgan fingerprint density at radius 1 is 1.38 bits per heavy atom. The molecule has 0 aliphatic carbocycles. The fraction of sp³-hybridized carbons (Fsp3) is 0.500. The largest absolute Gasteiger partial charge is 0.454 e. The highest BCUT2D eigenvalue weighted by Gasteiger charge is 2.16. The van der Waals surface area contributed by atoms with Gasteiger partial charge in [-0.3, -0.25) is 0 Å². The molecule has 0 amide bonds. The SMILES string of the molecule is CCCNCC(O)c1ccc2c(c1)OCO2. The second-order valence-electron chi connectivity index (χ2n) is 3.83. The lowest BCUT2D eigenvalue weighted by molar-refractivity contribution is 0.170. The standard InChI is InChI=1S/C12H17NO3/c1-2-5-13-7-10(14)9-3-4-11-12(6-9)16-8-15-11/h3-4,6,10,13-14H,2,5,7-8H2,1H3. The molecule has 1 aromatic carbocycles. The summed E-state index contributed by atoms with van der Waals surface area (Å²) in [7, 11) is 0. The summed E-state index contributed by atoms with van der Waals surface area (Å²) < 4.78 is 10.5. The summed E-state index contributed by atoms with van der Waals surface area (Å²) in [4.78, 5) is 0. The van der Waals surface area contributed by atoms with Gasteiger partial charge in [0.15, 0.2) is 11.5 Å². The van der Waals surface area contributed by atoms with Crippen molar-refractivity contribution >= 4 is 0 Å². The van der Waals surface area contributed by atoms with Gasteiger partial charge in [-0.05, 0) is 30.7 Å². The van der Waals surface area contributed by atoms with E-state index in [-0.39, 0.29) is 6.79 Å². The van der Waals surface area contributed by atoms with Crippen LogP contribution in [0.3, 0.4) is 0 Å². The molecule has 16 heavy (non-hydrogen) atoms. The Bertz CT molecular complexity index is 354. The molecule has 0 fully saturated rings. The average molecular weight is 223 g/mol. The Balaban J connectivity index is 1.98. The van der Waals surface area contributed by atoms with Crippen molar-refractivity contribution in [3.63, 3.8) is 0 Å². The third kappa shape index (κ3) is 2.46. The van der Waals surface area contributed by atoms with E-state index in [0.29, 0.717) is 12.3 Å². The van der Waals surface area contributed by atoms with Crippen LogP contribution in [0.15, 0.2) is 18.2 Å². The molecule has 4 nitrogen and oxygen atoms in total. The van der Waals surface area contributed by atoms with Gasteiger partial charge in [-0.1, -0.05) is 13.0 Å². The summed E-state index contributed by atoms with van der Waals surface area (Å²) in [6, 6.07) is 5.53. The van der Waals surface area contributed by atoms with E-state index in [1.165, 1.54) is 0 Å². The molecule has 0 saturated carbocycles. The normalized spacial score (nSPS) is 15.1. The molecule has 1 heterocycles. The van der Waals surface area contributed by atoms with E-state index in [1.54, 1.807) is 0 Å². The molecule has 0 bridgehead atoms. The quantitative estimate of drug-likeness (QED) is 0.742. The van der Waals surface area contributed by atoms with Gasteiger partial charge in [0.25, 0.3) is 0 Å². The number of rotatable bonds is 5. The first-order valence-corrected chi connectivity index (χ1v) is 5.59. The minimum atomic E-state index is -0.499. The Morgan fingerprint density at radius 2 is 2.19 bits per heavy atom. The number of hydrogen-bond acceptors (Lipinski definition) is 4. The van der Waals surface area contributed by atoms with Crippen molar-refractivity contribution in [2.75, 3.05) is 19.9 Å². The number of fused-ring (bicyclic) bond motifs is 1. The van der Waals surface area contributed by atoms with E-state index < -0.39 is 6.10 Å². The average Bonchev–Trinajstić information content (AvgIpc) is 2.76. The molecule has 1 aliphatic heterocycles. The molecule has 88 valence electrons. The molecule has 1 atom stereocenters. The van der Waals surface area contributed by atoms with Gasteiger partial charge in [0.05, 0.1) is 6.10 Å². The first-order valence-electron chi connectivity index (χ1n) is 5.59. The summed E-state index contributed by atoms with van der Waals surface area (Å²) in [5.74, 6) is 1.46. The van der Waals surface area contributed by atoms with Crippen LogP contribution in [0, 0.1) is 0 Å². The highest BCUT2D eigenvalue weighted by molar-refractivity contribution is 5.45. The van der Waals surface area contributed by atoms with E-state index in [2.05, 4.69) is 12.2 Å². The van der Waals surface area contributed by atoms with Crippen LogP contribution in [0.5, 0.6) is 11.5 Å². The smallest absolute Gasteiger partial charge is 0.231 e. The maximum atomic E-state index is 9.92. The molecule has 2 N–H and O–H groups in total. The number of aliphatic hydroxyl groups is 1. The van der Waals surface area contributed by atoms with Crippen LogP contribution in [0.4, 0.5) is 0 Å². The van der Waals surface area contributed by atoms with E-state index in [4.69, 9.17) is 9.47 Å². The lowest BCUT2D eigenvalue weighted by atomic mass is 10.1. The van der Waals surface area contributed by atoms with Gasteiger partial charge in [0.2, 0.25) is 6.79 Å². The molecular weight excluding hydrogens is 206 g/mol. The molecule has 0 radical (unpaired) electrons. The zero-order chi connectivity index (χ0) is 11.4. The minimum absolute atomic E-state index is 0.267. The maximum Gasteiger partial charge on any atom is 0.231 e. The van der Waals surface area contributed by atoms with Crippen LogP contribution in [-0.2, 0) is 0 Å². The maximum absolute atomic E-state index is 9.92. The third-order valence-corrected chi connectivity index (χ3v) is 2.55. The summed E-state index contributed by atoms with van der Waals surface area (Å²) in [5, 5.41) is 13.1. The van der Waals surface area contributed by atoms with Gasteiger partial charge < -0.3 is 19.9 Å². The lowest BCUT2D eigenvalue weighted by Crippen LogP contribution is -2.22. The van der Waals surface area contributed by atoms with E-state index in [1.807, 2.05) is 18.2 Å². The highest BCUT2D eigenvalue weighted by atomic mass is 16.7. The predicted octanol–water partition coefficient (Wildman–Crippen LogP) is 1.45. The van der Waals surface area contributed by atoms with Crippen molar-refractivity contribution in [2.45, 2.75) is 19.4 Å². The summed E-state index contributed by atoms with van der Waals surface area (Å²) in [5.41, 5.74) is 0.854. The van der Waals surface area contributed by atoms with Crippen LogP contribution >= 0.6 is 0 Å². The van der Waals surface area contributed by atoms with Crippen molar-refractivity contribution in [3.05, 3.63) is 23.8 Å². The molecule has 1 aromatic rings. The topological polar surface area (TPSA) is 50.7 Å². The Morgan fingerprint density at radius 3 is 3.00 bits per heavy atom. The highest BCUT2D eigenvalue weighted by Crippen LogP contribution is 2.33. The number of ether oxygens (including phenoxy) is 2. The van der Waals surface area contributed by atoms with Crippen molar-refractivity contribution in [2.24, 2.45) is 0 Å². The fourth-order valence-corrected chi connectivity index (χ4v) is 1.65. The molecule has 0 aromatic heterocycles. The zero-order valence-electron chi connectivity index (χ0n) is 9.40. The number of nitrogens with one attached hydrogen (secondary N) is 1. The van der Waals surface area contributed by atoms with Crippen LogP contribution in [0.1, 0.15) is 25.0 Å². The van der Waals surface area contributed by atoms with Gasteiger partial charge in [0.1, 0.15) is 0 Å². The van der Waals surface area contributed by atoms with Crippen molar-refractivity contribution in [3.8, 4) is 11.5 Å². The van der Waals surface area contributed by atoms with Crippen molar-refractivity contribution in [1.29, 1.82) is 0 Å². The Labute approximate surface area is 95.2 Å². The zero-order valence-corrected chi connectivity index (χ0v) is 9.40. The van der Waals surface area contributed by atoms with Crippen molar-refractivity contribution in [1.82, 2.24) is 5.32 Å². The third-order valence-electron chi connectivity index (χ3n) is 2.55. The van der Waals surface area contributed by atoms with E-state index >= 15 is 0 Å². The van der Waals surface area contributed by atoms with Crippen LogP contribution in [0.2, 0.25) is 0 Å². The fourth-order valence-electron chi connectivity index (χ4n) is 1.65. The number of hydrogen-bond donors (Lipinski definition) is 2. The number of benzene rings is 1. The van der Waals surface area contributed by atoms with E-state index in [9.17, 15) is 5.11 Å². The second-order valence-corrected chi connectivity index (χ2v) is 3.83. The first-order chi connectivity index (χ1) is 7.81. The van der Waals surface area contributed by atoms with Gasteiger partial charge in [-0.15, -0.1) is 0 Å². The molecule has 2 rings (SSSR count). The molecule has 0 saturated heterocycles. The van der Waals surface area contributed by atoms with Crippen LogP contribution in [-0.4, -0.2) is 25.0 Å². The van der Waals surface area contributed by atoms with Gasteiger partial charge in [0, 0.05) is 6.54 Å². The summed E-state index contributed by atoms with van der Waals surface area (Å²) in [6.07, 6.45) is 0.564. The summed E-state index contributed by atoms with van der Waals surface area (Å²) >= 11 is 0. The Kier molecular flexibility index (Phi) is 3.64. The van der Waals surface area contributed by atoms with Crippen LogP contribution in [0.25, 0.3) is 0 Å². The molecule has 4 heteroatoms. The van der Waals surface area contributed by atoms with Crippen molar-refractivity contribution < 1.29 is 14.6 Å². The molecule has 1 aliphatic rings. The first kappa shape index (κ1) is 11.2. The molecule has 1 unspecified atom stereocenters. The molecule has 0 spiro atoms. The second kappa shape index (κ2) is 5.18. The summed E-state index contributed by atoms with van der Waals surface area (Å²) in [6.45, 7) is 3.85. The van der Waals surface area contributed by atoms with Crippen LogP contribution < -0.4 is 14.8 Å². The minimum Gasteiger partial charge on any atom is -0.454 e. The monoisotopic (exact) mass is 223 g/mol. The predicted molar refractivity (Wildman–Crippen MR) is 60.7 cm³/mol. The van der Waals surface area contributed by atoms with E-state index in [0.717, 1.165) is 24.3 Å².